The minimum atomic E-state index is -1.35. The van der Waals surface area contributed by atoms with E-state index in [0.29, 0.717) is 35.7 Å². The summed E-state index contributed by atoms with van der Waals surface area (Å²) < 4.78 is 10.8. The maximum Gasteiger partial charge on any atom is 0.330 e. The molecule has 296 valence electrons. The van der Waals surface area contributed by atoms with Gasteiger partial charge >= 0.3 is 5.97 Å². The van der Waals surface area contributed by atoms with Crippen LogP contribution in [0.5, 0.6) is 5.75 Å². The number of hydrogen-bond acceptors (Lipinski definition) is 6. The number of carbonyl (C=O) groups is 4. The summed E-state index contributed by atoms with van der Waals surface area (Å²) in [4.78, 5) is 50.4. The zero-order valence-corrected chi connectivity index (χ0v) is 33.5. The van der Waals surface area contributed by atoms with Crippen LogP contribution in [0.3, 0.4) is 0 Å². The molecule has 10 heteroatoms. The van der Waals surface area contributed by atoms with Crippen molar-refractivity contribution in [3.8, 4) is 5.75 Å². The molecule has 3 N–H and O–H groups in total. The predicted octanol–water partition coefficient (Wildman–Crippen LogP) is 8.72. The molecule has 0 aliphatic heterocycles. The summed E-state index contributed by atoms with van der Waals surface area (Å²) in [5.74, 6) is -1.22. The molecule has 3 amide bonds. The maximum atomic E-state index is 13.2. The predicted molar refractivity (Wildman–Crippen MR) is 223 cm³/mol. The Morgan fingerprint density at radius 1 is 0.727 bits per heavy atom. The lowest BCUT2D eigenvalue weighted by atomic mass is 10.1. The first-order chi connectivity index (χ1) is 26.6. The Labute approximate surface area is 332 Å². The molecule has 0 aliphatic carbocycles. The largest absolute Gasteiger partial charge is 0.478 e. The molecule has 2 aromatic rings. The second-order valence-electron chi connectivity index (χ2n) is 13.1. The second-order valence-corrected chi connectivity index (χ2v) is 13.5. The molecule has 2 rings (SSSR count). The van der Waals surface area contributed by atoms with Crippen molar-refractivity contribution in [1.29, 1.82) is 0 Å². The van der Waals surface area contributed by atoms with Gasteiger partial charge < -0.3 is 25.4 Å². The van der Waals surface area contributed by atoms with E-state index in [1.165, 1.54) is 7.11 Å². The summed E-state index contributed by atoms with van der Waals surface area (Å²) in [5, 5.41) is 8.80. The van der Waals surface area contributed by atoms with Gasteiger partial charge in [-0.05, 0) is 107 Å². The minimum absolute atomic E-state index is 0.125. The third-order valence-corrected chi connectivity index (χ3v) is 8.33. The molecular formula is C45H58ClN3O6. The van der Waals surface area contributed by atoms with Crippen LogP contribution in [0.4, 0.5) is 0 Å². The van der Waals surface area contributed by atoms with E-state index in [2.05, 4.69) is 83.6 Å². The van der Waals surface area contributed by atoms with Crippen LogP contribution in [0.2, 0.25) is 5.02 Å². The Hall–Kier alpha value is -5.15. The molecule has 0 aliphatic rings. The first-order valence-corrected chi connectivity index (χ1v) is 19.3. The number of benzene rings is 2. The van der Waals surface area contributed by atoms with Crippen LogP contribution in [0.1, 0.15) is 88.1 Å². The highest BCUT2D eigenvalue weighted by molar-refractivity contribution is 6.30. The summed E-state index contributed by atoms with van der Waals surface area (Å²) in [6.45, 7) is 5.62. The fourth-order valence-corrected chi connectivity index (χ4v) is 5.04. The van der Waals surface area contributed by atoms with Crippen molar-refractivity contribution in [2.24, 2.45) is 0 Å². The van der Waals surface area contributed by atoms with Crippen LogP contribution in [0.25, 0.3) is 0 Å². The van der Waals surface area contributed by atoms with E-state index in [1.54, 1.807) is 50.2 Å². The van der Waals surface area contributed by atoms with Gasteiger partial charge in [-0.3, -0.25) is 14.4 Å². The van der Waals surface area contributed by atoms with E-state index >= 15 is 0 Å². The third-order valence-electron chi connectivity index (χ3n) is 8.08. The molecule has 0 saturated carbocycles. The molecule has 0 heterocycles. The Kier molecular flexibility index (Phi) is 22.9. The molecule has 2 aromatic carbocycles. The number of allylic oxidation sites excluding steroid dienone is 12. The van der Waals surface area contributed by atoms with Crippen LogP contribution in [0, 0.1) is 0 Å². The van der Waals surface area contributed by atoms with Gasteiger partial charge in [-0.2, -0.15) is 0 Å². The maximum absolute atomic E-state index is 13.2. The summed E-state index contributed by atoms with van der Waals surface area (Å²) >= 11 is 5.89. The quantitative estimate of drug-likeness (QED) is 0.0686. The van der Waals surface area contributed by atoms with Gasteiger partial charge in [0.15, 0.2) is 5.60 Å². The van der Waals surface area contributed by atoms with E-state index in [-0.39, 0.29) is 24.8 Å². The lowest BCUT2D eigenvalue weighted by Crippen LogP contribution is -2.55. The smallest absolute Gasteiger partial charge is 0.330 e. The number of amides is 3. The average molecular weight is 772 g/mol. The molecule has 0 saturated heterocycles. The van der Waals surface area contributed by atoms with E-state index in [0.717, 1.165) is 44.1 Å². The van der Waals surface area contributed by atoms with Gasteiger partial charge in [0.25, 0.3) is 11.8 Å². The molecule has 0 bridgehead atoms. The first-order valence-electron chi connectivity index (χ1n) is 18.9. The first kappa shape index (κ1) is 46.0. The number of esters is 1. The summed E-state index contributed by atoms with van der Waals surface area (Å²) in [6.07, 6.45) is 32.6. The molecule has 1 atom stereocenters. The normalized spacial score (nSPS) is 12.7. The molecule has 9 nitrogen and oxygen atoms in total. The third kappa shape index (κ3) is 20.8. The molecule has 0 fully saturated rings. The highest BCUT2D eigenvalue weighted by atomic mass is 35.5. The van der Waals surface area contributed by atoms with Gasteiger partial charge in [0.05, 0.1) is 7.11 Å². The van der Waals surface area contributed by atoms with Gasteiger partial charge in [-0.15, -0.1) is 0 Å². The minimum Gasteiger partial charge on any atom is -0.478 e. The topological polar surface area (TPSA) is 123 Å². The van der Waals surface area contributed by atoms with Crippen molar-refractivity contribution in [1.82, 2.24) is 16.0 Å². The Balaban J connectivity index is 1.67. The fourth-order valence-electron chi connectivity index (χ4n) is 4.91. The second kappa shape index (κ2) is 27.4. The van der Waals surface area contributed by atoms with Gasteiger partial charge in [0.2, 0.25) is 5.91 Å². The standard InChI is InChI=1S/C45H58ClN3O6/c1-5-6-7-8-9-10-11-12-13-14-15-16-17-18-19-20-21-22-23-24-41(50)48-35-40(43(52)54-4)49-44(53)45(2,3)55-39-31-25-36(26-32-39)33-34-47-42(51)37-27-29-38(46)30-28-37/h6-7,9-10,12-13,15-16,18-19,21-22,25-32,40H,5,8,11,14,17,20,23-24,33-35H2,1-4H3,(H,47,51)(H,48,50)(H,49,53)/b7-6-,10-9-,13-12-,16-15-,19-18-,22-21-. The summed E-state index contributed by atoms with van der Waals surface area (Å²) in [7, 11) is 1.22. The van der Waals surface area contributed by atoms with Crippen LogP contribution in [-0.2, 0) is 25.5 Å². The number of nitrogens with one attached hydrogen (secondary N) is 3. The van der Waals surface area contributed by atoms with Crippen molar-refractivity contribution in [3.05, 3.63) is 138 Å². The molecular weight excluding hydrogens is 714 g/mol. The lowest BCUT2D eigenvalue weighted by Gasteiger charge is -2.27. The van der Waals surface area contributed by atoms with Gasteiger partial charge in [0.1, 0.15) is 11.8 Å². The van der Waals surface area contributed by atoms with E-state index < -0.39 is 23.5 Å². The van der Waals surface area contributed by atoms with Gasteiger partial charge in [0, 0.05) is 30.1 Å². The van der Waals surface area contributed by atoms with Gasteiger partial charge in [-0.25, -0.2) is 4.79 Å². The Bertz CT molecular complexity index is 1640. The van der Waals surface area contributed by atoms with Crippen molar-refractivity contribution in [3.63, 3.8) is 0 Å². The Morgan fingerprint density at radius 2 is 1.25 bits per heavy atom. The lowest BCUT2D eigenvalue weighted by molar-refractivity contribution is -0.147. The highest BCUT2D eigenvalue weighted by Gasteiger charge is 2.34. The van der Waals surface area contributed by atoms with E-state index in [9.17, 15) is 19.2 Å². The monoisotopic (exact) mass is 771 g/mol. The number of halogens is 1. The zero-order chi connectivity index (χ0) is 40.2. The average Bonchev–Trinajstić information content (AvgIpc) is 3.17. The van der Waals surface area contributed by atoms with E-state index in [1.807, 2.05) is 24.3 Å². The molecule has 0 radical (unpaired) electrons. The van der Waals surface area contributed by atoms with Crippen molar-refractivity contribution < 1.29 is 28.7 Å². The molecule has 0 aromatic heterocycles. The van der Waals surface area contributed by atoms with Crippen molar-refractivity contribution >= 4 is 35.3 Å². The number of ether oxygens (including phenoxy) is 2. The van der Waals surface area contributed by atoms with Crippen LogP contribution in [0.15, 0.2) is 121 Å². The van der Waals surface area contributed by atoms with E-state index in [4.69, 9.17) is 21.1 Å². The number of carbonyl (C=O) groups excluding carboxylic acids is 4. The summed E-state index contributed by atoms with van der Waals surface area (Å²) in [5.41, 5.74) is 0.149. The number of methoxy groups -OCH3 is 1. The van der Waals surface area contributed by atoms with Crippen molar-refractivity contribution in [2.75, 3.05) is 20.2 Å². The van der Waals surface area contributed by atoms with Crippen molar-refractivity contribution in [2.45, 2.75) is 90.2 Å². The number of hydrogen-bond donors (Lipinski definition) is 3. The SMILES string of the molecule is CC/C=C\C/C=C\C/C=C\C/C=C\C/C=C\C/C=C\CCC(=O)NCC(NC(=O)C(C)(C)Oc1ccc(CCNC(=O)c2ccc(Cl)cc2)cc1)C(=O)OC. The van der Waals surface area contributed by atoms with Crippen LogP contribution in [-0.4, -0.2) is 55.5 Å². The fraction of sp³-hybridized carbons (Fsp3) is 0.378. The number of rotatable bonds is 25. The molecule has 55 heavy (non-hydrogen) atoms. The summed E-state index contributed by atoms with van der Waals surface area (Å²) in [6, 6.07) is 12.8. The van der Waals surface area contributed by atoms with Gasteiger partial charge in [-0.1, -0.05) is 104 Å². The molecule has 0 spiro atoms. The zero-order valence-electron chi connectivity index (χ0n) is 32.7. The Morgan fingerprint density at radius 3 is 1.78 bits per heavy atom. The van der Waals surface area contributed by atoms with Crippen LogP contribution >= 0.6 is 11.6 Å². The van der Waals surface area contributed by atoms with Crippen LogP contribution < -0.4 is 20.7 Å². The highest BCUT2D eigenvalue weighted by Crippen LogP contribution is 2.20. The molecule has 1 unspecified atom stereocenters.